The Hall–Kier alpha value is -2.62. The van der Waals surface area contributed by atoms with Gasteiger partial charge in [0, 0.05) is 5.69 Å². The van der Waals surface area contributed by atoms with Gasteiger partial charge in [0.25, 0.3) is 0 Å². The molecule has 0 radical (unpaired) electrons. The van der Waals surface area contributed by atoms with Crippen LogP contribution in [0.2, 0.25) is 0 Å². The zero-order chi connectivity index (χ0) is 17.3. The predicted octanol–water partition coefficient (Wildman–Crippen LogP) is 4.49. The van der Waals surface area contributed by atoms with Crippen LogP contribution in [-0.2, 0) is 15.0 Å². The Morgan fingerprint density at radius 2 is 1.88 bits per heavy atom. The molecule has 1 saturated carbocycles. The van der Waals surface area contributed by atoms with Crippen molar-refractivity contribution in [3.8, 4) is 11.1 Å². The standard InChI is InChI=1S/C21H22N2O2/c1-25-22-14-15-6-5-7-16(12-15)17-8-9-19-18(13-17)21(20(24)23-19)10-3-2-4-11-21/h5-9,12-14H,2-4,10-11H2,1H3,(H,23,24)/b22-14+. The summed E-state index contributed by atoms with van der Waals surface area (Å²) in [7, 11) is 1.54. The molecular formula is C21H22N2O2. The van der Waals surface area contributed by atoms with Crippen LogP contribution in [0.3, 0.4) is 0 Å². The maximum absolute atomic E-state index is 12.7. The maximum atomic E-state index is 12.7. The van der Waals surface area contributed by atoms with Crippen molar-refractivity contribution in [1.82, 2.24) is 0 Å². The number of benzene rings is 2. The topological polar surface area (TPSA) is 50.7 Å². The summed E-state index contributed by atoms with van der Waals surface area (Å²) in [6, 6.07) is 14.5. The van der Waals surface area contributed by atoms with Crippen LogP contribution in [0.1, 0.15) is 43.2 Å². The van der Waals surface area contributed by atoms with E-state index in [-0.39, 0.29) is 11.3 Å². The van der Waals surface area contributed by atoms with Gasteiger partial charge < -0.3 is 10.2 Å². The summed E-state index contributed by atoms with van der Waals surface area (Å²) >= 11 is 0. The number of carbonyl (C=O) groups excluding carboxylic acids is 1. The molecule has 1 aliphatic heterocycles. The van der Waals surface area contributed by atoms with Crippen LogP contribution in [0.4, 0.5) is 5.69 Å². The van der Waals surface area contributed by atoms with E-state index in [0.29, 0.717) is 0 Å². The minimum atomic E-state index is -0.321. The van der Waals surface area contributed by atoms with Crippen molar-refractivity contribution < 1.29 is 9.63 Å². The molecule has 1 fully saturated rings. The molecule has 4 heteroatoms. The van der Waals surface area contributed by atoms with Gasteiger partial charge in [-0.2, -0.15) is 0 Å². The van der Waals surface area contributed by atoms with Gasteiger partial charge in [0.15, 0.2) is 0 Å². The average Bonchev–Trinajstić information content (AvgIpc) is 2.92. The highest BCUT2D eigenvalue weighted by Crippen LogP contribution is 2.48. The second-order valence-corrected chi connectivity index (χ2v) is 6.90. The summed E-state index contributed by atoms with van der Waals surface area (Å²) in [5.41, 5.74) is 5.07. The number of nitrogens with zero attached hydrogens (tertiary/aromatic N) is 1. The van der Waals surface area contributed by atoms with E-state index in [4.69, 9.17) is 4.84 Å². The lowest BCUT2D eigenvalue weighted by atomic mass is 9.70. The lowest BCUT2D eigenvalue weighted by Gasteiger charge is -2.31. The van der Waals surface area contributed by atoms with Gasteiger partial charge in [0.2, 0.25) is 5.91 Å². The van der Waals surface area contributed by atoms with Crippen LogP contribution in [0.25, 0.3) is 11.1 Å². The van der Waals surface area contributed by atoms with Gasteiger partial charge in [-0.1, -0.05) is 48.7 Å². The van der Waals surface area contributed by atoms with Gasteiger partial charge in [0.05, 0.1) is 11.6 Å². The zero-order valence-corrected chi connectivity index (χ0v) is 14.4. The molecule has 2 aromatic rings. The molecule has 1 aliphatic carbocycles. The Labute approximate surface area is 147 Å². The van der Waals surface area contributed by atoms with Gasteiger partial charge >= 0.3 is 0 Å². The molecular weight excluding hydrogens is 312 g/mol. The fourth-order valence-electron chi connectivity index (χ4n) is 4.16. The van der Waals surface area contributed by atoms with Gasteiger partial charge in [0.1, 0.15) is 7.11 Å². The summed E-state index contributed by atoms with van der Waals surface area (Å²) in [5, 5.41) is 6.93. The normalized spacial score (nSPS) is 18.4. The summed E-state index contributed by atoms with van der Waals surface area (Å²) in [5.74, 6) is 0.181. The first-order valence-corrected chi connectivity index (χ1v) is 8.86. The monoisotopic (exact) mass is 334 g/mol. The zero-order valence-electron chi connectivity index (χ0n) is 14.4. The molecule has 4 rings (SSSR count). The number of anilines is 1. The summed E-state index contributed by atoms with van der Waals surface area (Å²) in [6.07, 6.45) is 7.08. The minimum Gasteiger partial charge on any atom is -0.399 e. The van der Waals surface area contributed by atoms with Crippen LogP contribution in [0.15, 0.2) is 47.6 Å². The fourth-order valence-corrected chi connectivity index (χ4v) is 4.16. The van der Waals surface area contributed by atoms with Gasteiger partial charge in [-0.15, -0.1) is 0 Å². The predicted molar refractivity (Wildman–Crippen MR) is 99.9 cm³/mol. The second-order valence-electron chi connectivity index (χ2n) is 6.90. The average molecular weight is 334 g/mol. The quantitative estimate of drug-likeness (QED) is 0.664. The van der Waals surface area contributed by atoms with E-state index in [9.17, 15) is 4.79 Å². The molecule has 1 amide bonds. The molecule has 0 saturated heterocycles. The molecule has 0 aromatic heterocycles. The fraction of sp³-hybridized carbons (Fsp3) is 0.333. The van der Waals surface area contributed by atoms with Crippen LogP contribution in [-0.4, -0.2) is 19.2 Å². The molecule has 4 nitrogen and oxygen atoms in total. The Kier molecular flexibility index (Phi) is 4.04. The summed E-state index contributed by atoms with van der Waals surface area (Å²) < 4.78 is 0. The third-order valence-corrected chi connectivity index (χ3v) is 5.45. The Bertz CT molecular complexity index is 836. The molecule has 1 heterocycles. The molecule has 2 aliphatic rings. The number of rotatable bonds is 3. The number of carbonyl (C=O) groups is 1. The van der Waals surface area contributed by atoms with E-state index < -0.39 is 0 Å². The van der Waals surface area contributed by atoms with Gasteiger partial charge in [-0.05, 0) is 53.3 Å². The molecule has 1 spiro atoms. The first kappa shape index (κ1) is 15.9. The van der Waals surface area contributed by atoms with Crippen LogP contribution < -0.4 is 5.32 Å². The maximum Gasteiger partial charge on any atom is 0.235 e. The van der Waals surface area contributed by atoms with E-state index in [1.54, 1.807) is 6.21 Å². The first-order chi connectivity index (χ1) is 12.2. The van der Waals surface area contributed by atoms with Crippen molar-refractivity contribution in [3.05, 3.63) is 53.6 Å². The molecule has 25 heavy (non-hydrogen) atoms. The number of hydrogen-bond acceptors (Lipinski definition) is 3. The number of nitrogens with one attached hydrogen (secondary N) is 1. The molecule has 0 atom stereocenters. The Morgan fingerprint density at radius 3 is 2.68 bits per heavy atom. The summed E-state index contributed by atoms with van der Waals surface area (Å²) in [6.45, 7) is 0. The molecule has 0 bridgehead atoms. The SMILES string of the molecule is CO/N=C/c1cccc(-c2ccc3c(c2)C2(CCCCC2)C(=O)N3)c1. The summed E-state index contributed by atoms with van der Waals surface area (Å²) in [4.78, 5) is 17.4. The lowest BCUT2D eigenvalue weighted by molar-refractivity contribution is -0.121. The van der Waals surface area contributed by atoms with Gasteiger partial charge in [-0.25, -0.2) is 0 Å². The number of fused-ring (bicyclic) bond motifs is 2. The van der Waals surface area contributed by atoms with E-state index in [1.807, 2.05) is 18.2 Å². The molecule has 1 N–H and O–H groups in total. The highest BCUT2D eigenvalue weighted by molar-refractivity contribution is 6.06. The van der Waals surface area contributed by atoms with Crippen molar-refractivity contribution in [2.45, 2.75) is 37.5 Å². The minimum absolute atomic E-state index is 0.181. The third kappa shape index (κ3) is 2.72. The van der Waals surface area contributed by atoms with Crippen LogP contribution >= 0.6 is 0 Å². The number of oxime groups is 1. The van der Waals surface area contributed by atoms with E-state index in [2.05, 4.69) is 34.7 Å². The van der Waals surface area contributed by atoms with Crippen LogP contribution in [0.5, 0.6) is 0 Å². The van der Waals surface area contributed by atoms with Crippen molar-refractivity contribution >= 4 is 17.8 Å². The van der Waals surface area contributed by atoms with Crippen molar-refractivity contribution in [1.29, 1.82) is 0 Å². The van der Waals surface area contributed by atoms with E-state index >= 15 is 0 Å². The van der Waals surface area contributed by atoms with Crippen molar-refractivity contribution in [3.63, 3.8) is 0 Å². The Morgan fingerprint density at radius 1 is 1.08 bits per heavy atom. The second kappa shape index (κ2) is 6.36. The molecule has 128 valence electrons. The van der Waals surface area contributed by atoms with Gasteiger partial charge in [-0.3, -0.25) is 4.79 Å². The first-order valence-electron chi connectivity index (χ1n) is 8.86. The molecule has 0 unspecified atom stereocenters. The Balaban J connectivity index is 1.75. The van der Waals surface area contributed by atoms with Crippen molar-refractivity contribution in [2.24, 2.45) is 5.16 Å². The molecule has 2 aromatic carbocycles. The van der Waals surface area contributed by atoms with Crippen molar-refractivity contribution in [2.75, 3.05) is 12.4 Å². The van der Waals surface area contributed by atoms with E-state index in [0.717, 1.165) is 48.1 Å². The lowest BCUT2D eigenvalue weighted by Crippen LogP contribution is -2.36. The highest BCUT2D eigenvalue weighted by Gasteiger charge is 2.47. The highest BCUT2D eigenvalue weighted by atomic mass is 16.6. The third-order valence-electron chi connectivity index (χ3n) is 5.45. The number of hydrogen-bond donors (Lipinski definition) is 1. The van der Waals surface area contributed by atoms with Crippen LogP contribution in [0, 0.1) is 0 Å². The smallest absolute Gasteiger partial charge is 0.235 e. The van der Waals surface area contributed by atoms with E-state index in [1.165, 1.54) is 19.1 Å². The largest absolute Gasteiger partial charge is 0.399 e. The number of amides is 1.